The van der Waals surface area contributed by atoms with E-state index in [0.29, 0.717) is 17.0 Å². The third kappa shape index (κ3) is 3.61. The molecule has 0 spiro atoms. The zero-order valence-corrected chi connectivity index (χ0v) is 9.87. The Kier molecular flexibility index (Phi) is 6.28. The number of benzene rings is 1. The molecular formula is C9H12Cl2N2O3. The van der Waals surface area contributed by atoms with Crippen LogP contribution in [-0.2, 0) is 0 Å². The van der Waals surface area contributed by atoms with E-state index in [9.17, 15) is 10.1 Å². The predicted octanol–water partition coefficient (Wildman–Crippen LogP) is 2.05. The summed E-state index contributed by atoms with van der Waals surface area (Å²) in [5.74, 6) is 0. The highest BCUT2D eigenvalue weighted by molar-refractivity contribution is 6.31. The number of non-ortho nitro benzene ring substituents is 1. The fourth-order valence-corrected chi connectivity index (χ4v) is 1.48. The first-order valence-electron chi connectivity index (χ1n) is 4.36. The maximum atomic E-state index is 10.5. The van der Waals surface area contributed by atoms with Gasteiger partial charge in [0.05, 0.1) is 4.92 Å². The largest absolute Gasteiger partial charge is 0.396 e. The number of hydrogen-bond donors (Lipinski definition) is 2. The molecule has 5 nitrogen and oxygen atoms in total. The minimum absolute atomic E-state index is 0. The third-order valence-electron chi connectivity index (χ3n) is 2.03. The van der Waals surface area contributed by atoms with E-state index in [1.54, 1.807) is 0 Å². The van der Waals surface area contributed by atoms with E-state index in [4.69, 9.17) is 22.4 Å². The highest BCUT2D eigenvalue weighted by Gasteiger charge is 2.14. The summed E-state index contributed by atoms with van der Waals surface area (Å²) in [5.41, 5.74) is 6.14. The second kappa shape index (κ2) is 6.65. The lowest BCUT2D eigenvalue weighted by Crippen LogP contribution is -2.12. The Labute approximate surface area is 104 Å². The third-order valence-corrected chi connectivity index (χ3v) is 2.37. The molecule has 0 bridgehead atoms. The van der Waals surface area contributed by atoms with Gasteiger partial charge in [0.1, 0.15) is 0 Å². The summed E-state index contributed by atoms with van der Waals surface area (Å²) in [5, 5.41) is 19.6. The van der Waals surface area contributed by atoms with Crippen LogP contribution in [0, 0.1) is 10.1 Å². The van der Waals surface area contributed by atoms with E-state index in [1.165, 1.54) is 18.2 Å². The maximum Gasteiger partial charge on any atom is 0.269 e. The van der Waals surface area contributed by atoms with E-state index in [0.717, 1.165) is 0 Å². The molecule has 0 amide bonds. The summed E-state index contributed by atoms with van der Waals surface area (Å²) in [7, 11) is 0. The number of aliphatic hydroxyl groups excluding tert-OH is 1. The Hall–Kier alpha value is -0.880. The molecule has 0 unspecified atom stereocenters. The highest BCUT2D eigenvalue weighted by Crippen LogP contribution is 2.27. The lowest BCUT2D eigenvalue weighted by Gasteiger charge is -2.11. The Morgan fingerprint density at radius 3 is 2.69 bits per heavy atom. The van der Waals surface area contributed by atoms with Crippen LogP contribution >= 0.6 is 24.0 Å². The van der Waals surface area contributed by atoms with Crippen molar-refractivity contribution in [2.24, 2.45) is 5.73 Å². The standard InChI is InChI=1S/C9H11ClN2O3.ClH/c10-8-2-1-6(12(14)15)5-7(8)9(11)3-4-13;/h1-2,5,9,13H,3-4,11H2;1H/t9-;/m1./s1. The first kappa shape index (κ1) is 15.1. The number of hydrogen-bond acceptors (Lipinski definition) is 4. The lowest BCUT2D eigenvalue weighted by molar-refractivity contribution is -0.384. The van der Waals surface area contributed by atoms with Crippen molar-refractivity contribution in [2.45, 2.75) is 12.5 Å². The second-order valence-electron chi connectivity index (χ2n) is 3.08. The van der Waals surface area contributed by atoms with Gasteiger partial charge in [0.15, 0.2) is 0 Å². The summed E-state index contributed by atoms with van der Waals surface area (Å²) < 4.78 is 0. The van der Waals surface area contributed by atoms with Crippen molar-refractivity contribution in [3.63, 3.8) is 0 Å². The van der Waals surface area contributed by atoms with Gasteiger partial charge in [-0.15, -0.1) is 12.4 Å². The highest BCUT2D eigenvalue weighted by atomic mass is 35.5. The topological polar surface area (TPSA) is 89.4 Å². The lowest BCUT2D eigenvalue weighted by atomic mass is 10.0. The van der Waals surface area contributed by atoms with Crippen LogP contribution in [0.4, 0.5) is 5.69 Å². The molecule has 3 N–H and O–H groups in total. The average molecular weight is 267 g/mol. The smallest absolute Gasteiger partial charge is 0.269 e. The van der Waals surface area contributed by atoms with Gasteiger partial charge in [0.25, 0.3) is 5.69 Å². The van der Waals surface area contributed by atoms with Gasteiger partial charge < -0.3 is 10.8 Å². The number of nitrogens with two attached hydrogens (primary N) is 1. The Morgan fingerprint density at radius 1 is 1.56 bits per heavy atom. The summed E-state index contributed by atoms with van der Waals surface area (Å²) >= 11 is 5.85. The molecule has 0 saturated carbocycles. The van der Waals surface area contributed by atoms with Gasteiger partial charge in [-0.25, -0.2) is 0 Å². The molecule has 0 aliphatic heterocycles. The molecule has 0 aliphatic rings. The fourth-order valence-electron chi connectivity index (χ4n) is 1.22. The summed E-state index contributed by atoms with van der Waals surface area (Å²) in [4.78, 5) is 10.0. The van der Waals surface area contributed by atoms with Crippen molar-refractivity contribution in [3.05, 3.63) is 38.9 Å². The number of aliphatic hydroxyl groups is 1. The molecule has 7 heteroatoms. The van der Waals surface area contributed by atoms with Crippen LogP contribution in [0.2, 0.25) is 5.02 Å². The van der Waals surface area contributed by atoms with Gasteiger partial charge in [0, 0.05) is 29.8 Å². The molecule has 1 rings (SSSR count). The normalized spacial score (nSPS) is 11.7. The summed E-state index contributed by atoms with van der Waals surface area (Å²) in [6, 6.07) is 3.61. The molecule has 1 aromatic carbocycles. The number of nitro groups is 1. The van der Waals surface area contributed by atoms with Crippen molar-refractivity contribution in [2.75, 3.05) is 6.61 Å². The first-order valence-corrected chi connectivity index (χ1v) is 4.74. The first-order chi connectivity index (χ1) is 7.06. The Bertz CT molecular complexity index is 374. The molecule has 0 aliphatic carbocycles. The Morgan fingerprint density at radius 2 is 2.19 bits per heavy atom. The zero-order chi connectivity index (χ0) is 11.4. The predicted molar refractivity (Wildman–Crippen MR) is 64.0 cm³/mol. The molecule has 1 aromatic rings. The van der Waals surface area contributed by atoms with Crippen LogP contribution in [0.5, 0.6) is 0 Å². The number of halogens is 2. The van der Waals surface area contributed by atoms with E-state index < -0.39 is 11.0 Å². The number of rotatable bonds is 4. The van der Waals surface area contributed by atoms with Gasteiger partial charge in [-0.05, 0) is 18.1 Å². The van der Waals surface area contributed by atoms with E-state index in [1.807, 2.05) is 0 Å². The van der Waals surface area contributed by atoms with Crippen molar-refractivity contribution in [1.29, 1.82) is 0 Å². The molecule has 1 atom stereocenters. The number of nitrogens with zero attached hydrogens (tertiary/aromatic N) is 1. The summed E-state index contributed by atoms with van der Waals surface area (Å²) in [6.07, 6.45) is 0.320. The minimum atomic E-state index is -0.508. The number of nitro benzene ring substituents is 1. The minimum Gasteiger partial charge on any atom is -0.396 e. The van der Waals surface area contributed by atoms with E-state index >= 15 is 0 Å². The molecule has 0 saturated heterocycles. The van der Waals surface area contributed by atoms with Gasteiger partial charge in [-0.2, -0.15) is 0 Å². The monoisotopic (exact) mass is 266 g/mol. The average Bonchev–Trinajstić information content (AvgIpc) is 2.18. The van der Waals surface area contributed by atoms with Crippen LogP contribution in [0.15, 0.2) is 18.2 Å². The van der Waals surface area contributed by atoms with Crippen molar-refractivity contribution < 1.29 is 10.0 Å². The van der Waals surface area contributed by atoms with Crippen molar-refractivity contribution in [3.8, 4) is 0 Å². The van der Waals surface area contributed by atoms with Crippen molar-refractivity contribution in [1.82, 2.24) is 0 Å². The van der Waals surface area contributed by atoms with Gasteiger partial charge in [0.2, 0.25) is 0 Å². The van der Waals surface area contributed by atoms with Gasteiger partial charge in [-0.1, -0.05) is 11.6 Å². The van der Waals surface area contributed by atoms with Crippen LogP contribution in [0.3, 0.4) is 0 Å². The van der Waals surface area contributed by atoms with Crippen LogP contribution < -0.4 is 5.73 Å². The van der Waals surface area contributed by atoms with Gasteiger partial charge >= 0.3 is 0 Å². The zero-order valence-electron chi connectivity index (χ0n) is 8.30. The SMILES string of the molecule is Cl.N[C@H](CCO)c1cc([N+](=O)[O-])ccc1Cl. The molecule has 16 heavy (non-hydrogen) atoms. The van der Waals surface area contributed by atoms with Crippen LogP contribution in [-0.4, -0.2) is 16.6 Å². The quantitative estimate of drug-likeness (QED) is 0.645. The molecule has 0 radical (unpaired) electrons. The molecule has 90 valence electrons. The molecule has 0 aromatic heterocycles. The Balaban J connectivity index is 0.00000225. The maximum absolute atomic E-state index is 10.5. The van der Waals surface area contributed by atoms with Crippen molar-refractivity contribution >= 4 is 29.7 Å². The molecule has 0 heterocycles. The summed E-state index contributed by atoms with van der Waals surface area (Å²) in [6.45, 7) is -0.0831. The van der Waals surface area contributed by atoms with Crippen LogP contribution in [0.1, 0.15) is 18.0 Å². The molecule has 0 fully saturated rings. The van der Waals surface area contributed by atoms with Crippen LogP contribution in [0.25, 0.3) is 0 Å². The van der Waals surface area contributed by atoms with E-state index in [2.05, 4.69) is 0 Å². The fraction of sp³-hybridized carbons (Fsp3) is 0.333. The van der Waals surface area contributed by atoms with E-state index in [-0.39, 0.29) is 24.7 Å². The van der Waals surface area contributed by atoms with Gasteiger partial charge in [-0.3, -0.25) is 10.1 Å². The second-order valence-corrected chi connectivity index (χ2v) is 3.49. The molecular weight excluding hydrogens is 255 g/mol.